The van der Waals surface area contributed by atoms with Crippen LogP contribution in [0.4, 0.5) is 0 Å². The molecule has 0 aliphatic rings. The summed E-state index contributed by atoms with van der Waals surface area (Å²) in [6.07, 6.45) is 3.36. The van der Waals surface area contributed by atoms with E-state index in [1.807, 2.05) is 32.6 Å². The normalized spacial score (nSPS) is 11.3. The smallest absolute Gasteiger partial charge is 0.233 e. The van der Waals surface area contributed by atoms with E-state index in [9.17, 15) is 4.79 Å². The lowest BCUT2D eigenvalue weighted by Gasteiger charge is -2.34. The first-order valence-corrected chi connectivity index (χ1v) is 6.64. The molecule has 5 heteroatoms. The number of nitrogens with zero attached hydrogens (tertiary/aromatic N) is 3. The van der Waals surface area contributed by atoms with E-state index in [0.29, 0.717) is 10.9 Å². The molecule has 0 aromatic carbocycles. The van der Waals surface area contributed by atoms with Gasteiger partial charge in [-0.25, -0.2) is 9.97 Å². The molecule has 1 aromatic heterocycles. The third-order valence-electron chi connectivity index (χ3n) is 2.29. The molecular formula is C12H19N3OS. The molecule has 1 aromatic rings. The Kier molecular flexibility index (Phi) is 4.93. The Morgan fingerprint density at radius 3 is 2.41 bits per heavy atom. The summed E-state index contributed by atoms with van der Waals surface area (Å²) in [5, 5.41) is 0.644. The molecule has 0 aliphatic heterocycles. The number of thioether (sulfide) groups is 1. The van der Waals surface area contributed by atoms with Gasteiger partial charge in [-0.05, 0) is 33.8 Å². The Labute approximate surface area is 107 Å². The maximum atomic E-state index is 12.0. The van der Waals surface area contributed by atoms with E-state index in [1.54, 1.807) is 18.5 Å². The summed E-state index contributed by atoms with van der Waals surface area (Å²) in [5.41, 5.74) is -0.135. The van der Waals surface area contributed by atoms with Gasteiger partial charge in [0, 0.05) is 24.5 Å². The Balaban J connectivity index is 2.55. The van der Waals surface area contributed by atoms with Gasteiger partial charge in [-0.1, -0.05) is 11.8 Å². The molecule has 0 fully saturated rings. The van der Waals surface area contributed by atoms with Crippen molar-refractivity contribution < 1.29 is 4.79 Å². The van der Waals surface area contributed by atoms with Crippen LogP contribution in [0.3, 0.4) is 0 Å². The topological polar surface area (TPSA) is 46.1 Å². The molecular weight excluding hydrogens is 234 g/mol. The summed E-state index contributed by atoms with van der Waals surface area (Å²) in [5.74, 6) is 0.507. The van der Waals surface area contributed by atoms with Crippen molar-refractivity contribution in [1.82, 2.24) is 14.9 Å². The predicted octanol–water partition coefficient (Wildman–Crippen LogP) is 2.22. The Morgan fingerprint density at radius 1 is 1.35 bits per heavy atom. The monoisotopic (exact) mass is 253 g/mol. The number of carbonyl (C=O) groups is 1. The summed E-state index contributed by atoms with van der Waals surface area (Å²) in [7, 11) is 0. The molecule has 0 N–H and O–H groups in total. The second-order valence-corrected chi connectivity index (χ2v) is 5.57. The molecule has 4 nitrogen and oxygen atoms in total. The van der Waals surface area contributed by atoms with Crippen molar-refractivity contribution >= 4 is 17.7 Å². The first-order chi connectivity index (χ1) is 7.95. The zero-order valence-electron chi connectivity index (χ0n) is 10.8. The highest BCUT2D eigenvalue weighted by Crippen LogP contribution is 2.17. The minimum Gasteiger partial charge on any atom is -0.337 e. The zero-order chi connectivity index (χ0) is 12.9. The zero-order valence-corrected chi connectivity index (χ0v) is 11.6. The maximum absolute atomic E-state index is 12.0. The van der Waals surface area contributed by atoms with Gasteiger partial charge in [-0.3, -0.25) is 4.79 Å². The summed E-state index contributed by atoms with van der Waals surface area (Å²) in [4.78, 5) is 22.1. The second kappa shape index (κ2) is 6.00. The summed E-state index contributed by atoms with van der Waals surface area (Å²) in [6.45, 7) is 8.83. The molecule has 0 saturated heterocycles. The van der Waals surface area contributed by atoms with Gasteiger partial charge in [0.1, 0.15) is 0 Å². The molecule has 0 saturated carbocycles. The van der Waals surface area contributed by atoms with E-state index in [2.05, 4.69) is 9.97 Å². The number of hydrogen-bond acceptors (Lipinski definition) is 4. The number of hydrogen-bond donors (Lipinski definition) is 0. The molecule has 1 amide bonds. The number of amides is 1. The predicted molar refractivity (Wildman–Crippen MR) is 69.9 cm³/mol. The molecule has 0 radical (unpaired) electrons. The van der Waals surface area contributed by atoms with Crippen molar-refractivity contribution in [2.24, 2.45) is 0 Å². The fourth-order valence-electron chi connectivity index (χ4n) is 1.59. The molecule has 0 atom stereocenters. The van der Waals surface area contributed by atoms with E-state index < -0.39 is 0 Å². The van der Waals surface area contributed by atoms with Crippen LogP contribution in [0.15, 0.2) is 23.6 Å². The highest BCUT2D eigenvalue weighted by atomic mass is 32.2. The Morgan fingerprint density at radius 2 is 1.94 bits per heavy atom. The van der Waals surface area contributed by atoms with Gasteiger partial charge in [-0.2, -0.15) is 0 Å². The van der Waals surface area contributed by atoms with Crippen molar-refractivity contribution in [2.45, 2.75) is 38.4 Å². The van der Waals surface area contributed by atoms with Gasteiger partial charge in [0.2, 0.25) is 5.91 Å². The van der Waals surface area contributed by atoms with Crippen molar-refractivity contribution in [3.8, 4) is 0 Å². The molecule has 1 rings (SSSR count). The fraction of sp³-hybridized carbons (Fsp3) is 0.583. The number of aromatic nitrogens is 2. The minimum absolute atomic E-state index is 0.123. The van der Waals surface area contributed by atoms with Crippen LogP contribution >= 0.6 is 11.8 Å². The van der Waals surface area contributed by atoms with E-state index in [-0.39, 0.29) is 11.4 Å². The largest absolute Gasteiger partial charge is 0.337 e. The van der Waals surface area contributed by atoms with E-state index >= 15 is 0 Å². The Hall–Kier alpha value is -1.10. The quantitative estimate of drug-likeness (QED) is 0.609. The molecule has 94 valence electrons. The molecule has 0 spiro atoms. The van der Waals surface area contributed by atoms with Gasteiger partial charge in [0.15, 0.2) is 5.16 Å². The van der Waals surface area contributed by atoms with Crippen LogP contribution in [0, 0.1) is 0 Å². The van der Waals surface area contributed by atoms with E-state index in [0.717, 1.165) is 6.54 Å². The van der Waals surface area contributed by atoms with Crippen molar-refractivity contribution in [1.29, 1.82) is 0 Å². The van der Waals surface area contributed by atoms with E-state index in [1.165, 1.54) is 11.8 Å². The molecule has 0 bridgehead atoms. The maximum Gasteiger partial charge on any atom is 0.233 e. The van der Waals surface area contributed by atoms with Crippen LogP contribution in [0.5, 0.6) is 0 Å². The third-order valence-corrected chi connectivity index (χ3v) is 3.15. The van der Waals surface area contributed by atoms with Crippen LogP contribution in [0.2, 0.25) is 0 Å². The summed E-state index contributed by atoms with van der Waals surface area (Å²) >= 11 is 1.37. The van der Waals surface area contributed by atoms with Crippen molar-refractivity contribution in [3.05, 3.63) is 18.5 Å². The van der Waals surface area contributed by atoms with Crippen molar-refractivity contribution in [2.75, 3.05) is 12.3 Å². The van der Waals surface area contributed by atoms with Crippen LogP contribution in [-0.4, -0.2) is 38.6 Å². The lowest BCUT2D eigenvalue weighted by molar-refractivity contribution is -0.132. The van der Waals surface area contributed by atoms with Gasteiger partial charge in [-0.15, -0.1) is 0 Å². The Bertz CT molecular complexity index is 362. The van der Waals surface area contributed by atoms with Crippen LogP contribution in [0.1, 0.15) is 27.7 Å². The highest BCUT2D eigenvalue weighted by molar-refractivity contribution is 7.99. The minimum atomic E-state index is -0.135. The average Bonchev–Trinajstić information content (AvgIpc) is 2.27. The van der Waals surface area contributed by atoms with Crippen molar-refractivity contribution in [3.63, 3.8) is 0 Å². The SMILES string of the molecule is CCN(C(=O)CSc1ncccn1)C(C)(C)C. The fourth-order valence-corrected chi connectivity index (χ4v) is 2.27. The first kappa shape index (κ1) is 14.0. The second-order valence-electron chi connectivity index (χ2n) is 4.63. The number of carbonyl (C=O) groups excluding carboxylic acids is 1. The van der Waals surface area contributed by atoms with Crippen LogP contribution in [-0.2, 0) is 4.79 Å². The van der Waals surface area contributed by atoms with Gasteiger partial charge < -0.3 is 4.90 Å². The summed E-state index contributed by atoms with van der Waals surface area (Å²) < 4.78 is 0. The highest BCUT2D eigenvalue weighted by Gasteiger charge is 2.24. The lowest BCUT2D eigenvalue weighted by Crippen LogP contribution is -2.46. The standard InChI is InChI=1S/C12H19N3OS/c1-5-15(12(2,3)4)10(16)9-17-11-13-7-6-8-14-11/h6-8H,5,9H2,1-4H3. The van der Waals surface area contributed by atoms with Crippen LogP contribution in [0.25, 0.3) is 0 Å². The molecule has 0 unspecified atom stereocenters. The molecule has 17 heavy (non-hydrogen) atoms. The first-order valence-electron chi connectivity index (χ1n) is 5.65. The average molecular weight is 253 g/mol. The molecule has 1 heterocycles. The third kappa shape index (κ3) is 4.34. The van der Waals surface area contributed by atoms with E-state index in [4.69, 9.17) is 0 Å². The van der Waals surface area contributed by atoms with Crippen LogP contribution < -0.4 is 0 Å². The van der Waals surface area contributed by atoms with Gasteiger partial charge in [0.05, 0.1) is 5.75 Å². The van der Waals surface area contributed by atoms with Gasteiger partial charge in [0.25, 0.3) is 0 Å². The summed E-state index contributed by atoms with van der Waals surface area (Å²) in [6, 6.07) is 1.76. The van der Waals surface area contributed by atoms with Gasteiger partial charge >= 0.3 is 0 Å². The number of rotatable bonds is 4. The lowest BCUT2D eigenvalue weighted by atomic mass is 10.1. The molecule has 0 aliphatic carbocycles.